The van der Waals surface area contributed by atoms with Crippen LogP contribution in [-0.4, -0.2) is 60.6 Å². The van der Waals surface area contributed by atoms with Gasteiger partial charge in [-0.15, -0.1) is 11.8 Å². The van der Waals surface area contributed by atoms with E-state index in [4.69, 9.17) is 14.5 Å². The quantitative estimate of drug-likeness (QED) is 0.371. The molecule has 1 aromatic heterocycles. The molecule has 5 aliphatic carbocycles. The van der Waals surface area contributed by atoms with Crippen LogP contribution in [0.4, 0.5) is 14.6 Å². The van der Waals surface area contributed by atoms with Gasteiger partial charge in [-0.25, -0.2) is 4.98 Å². The lowest BCUT2D eigenvalue weighted by atomic mass is 9.52. The van der Waals surface area contributed by atoms with Crippen molar-refractivity contribution < 1.29 is 27.8 Å². The van der Waals surface area contributed by atoms with Crippen LogP contribution < -0.4 is 10.2 Å². The first-order valence-corrected chi connectivity index (χ1v) is 15.9. The van der Waals surface area contributed by atoms with Crippen molar-refractivity contribution in [2.24, 2.45) is 23.7 Å². The summed E-state index contributed by atoms with van der Waals surface area (Å²) < 4.78 is 36.5. The number of carbonyl (C=O) groups excluding carboxylic acids is 2. The third kappa shape index (κ3) is 5.98. The number of piperidine rings is 1. The molecule has 1 N–H and O–H groups in total. The van der Waals surface area contributed by atoms with Crippen LogP contribution in [0.3, 0.4) is 0 Å². The molecular weight excluding hydrogens is 536 g/mol. The van der Waals surface area contributed by atoms with Gasteiger partial charge in [0.1, 0.15) is 10.8 Å². The highest BCUT2D eigenvalue weighted by Gasteiger charge is 2.57. The van der Waals surface area contributed by atoms with Crippen LogP contribution in [-0.2, 0) is 14.3 Å². The smallest absolute Gasteiger partial charge is 0.345 e. The topological polar surface area (TPSA) is 80.8 Å². The molecule has 0 aromatic carbocycles. The van der Waals surface area contributed by atoms with E-state index in [1.165, 1.54) is 20.0 Å². The Morgan fingerprint density at radius 2 is 1.88 bits per heavy atom. The summed E-state index contributed by atoms with van der Waals surface area (Å²) in [6.45, 7) is -1.13. The molecule has 7 nitrogen and oxygen atoms in total. The highest BCUT2D eigenvalue weighted by Crippen LogP contribution is 2.57. The molecule has 2 heterocycles. The molecule has 7 rings (SSSR count). The van der Waals surface area contributed by atoms with E-state index in [9.17, 15) is 18.4 Å². The average molecular weight is 578 g/mol. The molecule has 0 spiro atoms. The highest BCUT2D eigenvalue weighted by atomic mass is 32.2. The predicted octanol–water partition coefficient (Wildman–Crippen LogP) is 5.81. The Kier molecular flexibility index (Phi) is 8.28. The van der Waals surface area contributed by atoms with Crippen LogP contribution in [0.2, 0.25) is 0 Å². The van der Waals surface area contributed by atoms with E-state index in [-0.39, 0.29) is 35.7 Å². The maximum atomic E-state index is 13.8. The third-order valence-corrected chi connectivity index (χ3v) is 11.4. The number of carbonyl (C=O) groups is 2. The number of amides is 1. The first kappa shape index (κ1) is 28.2. The van der Waals surface area contributed by atoms with E-state index in [2.05, 4.69) is 10.2 Å². The number of thioether (sulfide) groups is 1. The number of anilines is 1. The first-order valence-electron chi connectivity index (χ1n) is 15.1. The van der Waals surface area contributed by atoms with Crippen LogP contribution in [0, 0.1) is 23.7 Å². The van der Waals surface area contributed by atoms with Crippen LogP contribution in [0.1, 0.15) is 87.4 Å². The maximum Gasteiger partial charge on any atom is 0.345 e. The Labute approximate surface area is 239 Å². The monoisotopic (exact) mass is 577 g/mol. The second-order valence-corrected chi connectivity index (χ2v) is 14.1. The van der Waals surface area contributed by atoms with Gasteiger partial charge >= 0.3 is 12.6 Å². The minimum Gasteiger partial charge on any atom is -0.469 e. The average Bonchev–Trinajstić information content (AvgIpc) is 3.42. The Balaban J connectivity index is 1.19. The molecule has 1 aromatic rings. The molecule has 4 bridgehead atoms. The van der Waals surface area contributed by atoms with Gasteiger partial charge in [-0.3, -0.25) is 9.59 Å². The van der Waals surface area contributed by atoms with Gasteiger partial charge in [-0.1, -0.05) is 12.8 Å². The third-order valence-electron chi connectivity index (χ3n) is 10.1. The van der Waals surface area contributed by atoms with E-state index in [0.717, 1.165) is 68.9 Å². The van der Waals surface area contributed by atoms with Crippen LogP contribution in [0.15, 0.2) is 17.2 Å². The Morgan fingerprint density at radius 1 is 1.12 bits per heavy atom. The summed E-state index contributed by atoms with van der Waals surface area (Å²) in [7, 11) is 1.43. The zero-order valence-electron chi connectivity index (χ0n) is 23.3. The molecule has 40 heavy (non-hydrogen) atoms. The number of alkyl halides is 2. The molecular formula is C30H41F2N3O4S. The standard InChI is InChI=1S/C30H41F2N3O4S/c1-38-25(36)13-18-5-4-10-35(17-18)24-9-8-23(28(33-24)40-22-6-2-3-7-22)27(37)34-26-20-11-19-12-21(26)16-30(14-19,15-20)39-29(31)32/h8-9,18-22,26,29H,2-7,10-17H2,1H3,(H,34,37)/t18-,19?,20-,21-,26?,30?/m0/s1. The molecule has 0 unspecified atom stereocenters. The summed E-state index contributed by atoms with van der Waals surface area (Å²) in [4.78, 5) is 33.0. The van der Waals surface area contributed by atoms with Crippen molar-refractivity contribution in [1.29, 1.82) is 0 Å². The number of hydrogen-bond acceptors (Lipinski definition) is 7. The van der Waals surface area contributed by atoms with Crippen molar-refractivity contribution in [3.05, 3.63) is 17.7 Å². The first-order chi connectivity index (χ1) is 19.3. The predicted molar refractivity (Wildman–Crippen MR) is 149 cm³/mol. The van der Waals surface area contributed by atoms with E-state index in [1.54, 1.807) is 11.8 Å². The SMILES string of the molecule is COC(=O)C[C@@H]1CCCN(c2ccc(C(=O)NC3[C@H]4CC5C[C@H]3CC(OC(F)F)(C5)C4)c(SC3CCCC3)n2)C1. The molecule has 6 fully saturated rings. The maximum absolute atomic E-state index is 13.8. The molecule has 10 heteroatoms. The minimum absolute atomic E-state index is 0.0105. The van der Waals surface area contributed by atoms with Gasteiger partial charge in [0.2, 0.25) is 0 Å². The summed E-state index contributed by atoms with van der Waals surface area (Å²) in [5.41, 5.74) is -0.116. The second-order valence-electron chi connectivity index (χ2n) is 12.8. The van der Waals surface area contributed by atoms with E-state index in [1.807, 2.05) is 12.1 Å². The fourth-order valence-electron chi connectivity index (χ4n) is 8.54. The number of methoxy groups -OCH3 is 1. The largest absolute Gasteiger partial charge is 0.469 e. The summed E-state index contributed by atoms with van der Waals surface area (Å²) in [5.74, 6) is 1.55. The van der Waals surface area contributed by atoms with E-state index in [0.29, 0.717) is 36.0 Å². The molecule has 1 amide bonds. The number of nitrogens with one attached hydrogen (secondary N) is 1. The lowest BCUT2D eigenvalue weighted by Crippen LogP contribution is -2.62. The summed E-state index contributed by atoms with van der Waals surface area (Å²) in [6, 6.07) is 3.84. The molecule has 1 saturated heterocycles. The van der Waals surface area contributed by atoms with Crippen LogP contribution in [0.25, 0.3) is 0 Å². The molecule has 1 aliphatic heterocycles. The molecule has 6 aliphatic rings. The Morgan fingerprint density at radius 3 is 2.58 bits per heavy atom. The lowest BCUT2D eigenvalue weighted by Gasteiger charge is -2.59. The van der Waals surface area contributed by atoms with Crippen molar-refractivity contribution >= 4 is 29.5 Å². The summed E-state index contributed by atoms with van der Waals surface area (Å²) in [6.07, 6.45) is 10.9. The van der Waals surface area contributed by atoms with Gasteiger partial charge < -0.3 is 19.7 Å². The summed E-state index contributed by atoms with van der Waals surface area (Å²) >= 11 is 1.72. The molecule has 3 atom stereocenters. The fourth-order valence-corrected chi connectivity index (χ4v) is 9.86. The number of nitrogens with zero attached hydrogens (tertiary/aromatic N) is 2. The van der Waals surface area contributed by atoms with Gasteiger partial charge in [0, 0.05) is 30.8 Å². The number of ether oxygens (including phenoxy) is 2. The van der Waals surface area contributed by atoms with Crippen molar-refractivity contribution in [1.82, 2.24) is 10.3 Å². The molecule has 220 valence electrons. The second kappa shape index (κ2) is 11.7. The summed E-state index contributed by atoms with van der Waals surface area (Å²) in [5, 5.41) is 4.58. The Hall–Kier alpha value is -1.94. The van der Waals surface area contributed by atoms with E-state index < -0.39 is 12.2 Å². The van der Waals surface area contributed by atoms with Crippen molar-refractivity contribution in [2.75, 3.05) is 25.1 Å². The van der Waals surface area contributed by atoms with Gasteiger partial charge in [0.05, 0.1) is 18.3 Å². The van der Waals surface area contributed by atoms with Crippen molar-refractivity contribution in [3.8, 4) is 0 Å². The minimum atomic E-state index is -2.75. The Bertz CT molecular complexity index is 1080. The van der Waals surface area contributed by atoms with Crippen LogP contribution >= 0.6 is 11.8 Å². The number of pyridine rings is 1. The van der Waals surface area contributed by atoms with Gasteiger partial charge in [0.25, 0.3) is 5.91 Å². The number of esters is 1. The fraction of sp³-hybridized carbons (Fsp3) is 0.767. The van der Waals surface area contributed by atoms with Gasteiger partial charge in [-0.2, -0.15) is 8.78 Å². The van der Waals surface area contributed by atoms with Crippen molar-refractivity contribution in [2.45, 2.75) is 106 Å². The number of halogens is 2. The highest BCUT2D eigenvalue weighted by molar-refractivity contribution is 7.99. The van der Waals surface area contributed by atoms with Crippen LogP contribution in [0.5, 0.6) is 0 Å². The molecule has 5 saturated carbocycles. The molecule has 0 radical (unpaired) electrons. The number of hydrogen-bond donors (Lipinski definition) is 1. The van der Waals surface area contributed by atoms with E-state index >= 15 is 0 Å². The zero-order chi connectivity index (χ0) is 27.9. The number of aromatic nitrogens is 1. The van der Waals surface area contributed by atoms with Gasteiger partial charge in [-0.05, 0) is 93.6 Å². The van der Waals surface area contributed by atoms with Crippen molar-refractivity contribution in [3.63, 3.8) is 0 Å². The lowest BCUT2D eigenvalue weighted by molar-refractivity contribution is -0.260. The number of rotatable bonds is 9. The zero-order valence-corrected chi connectivity index (χ0v) is 24.1. The van der Waals surface area contributed by atoms with Gasteiger partial charge in [0.15, 0.2) is 0 Å². The normalized spacial score (nSPS) is 33.5.